The molecule has 1 unspecified atom stereocenters. The largest absolute Gasteiger partial charge is 0.383 e. The molecular formula is C20H24N2O4S. The highest BCUT2D eigenvalue weighted by atomic mass is 32.2. The van der Waals surface area contributed by atoms with Crippen LogP contribution in [0, 0.1) is 0 Å². The molecule has 1 atom stereocenters. The lowest BCUT2D eigenvalue weighted by molar-refractivity contribution is -0.118. The van der Waals surface area contributed by atoms with Crippen LogP contribution in [0.5, 0.6) is 0 Å². The average molecular weight is 388 g/mol. The Bertz CT molecular complexity index is 891. The summed E-state index contributed by atoms with van der Waals surface area (Å²) in [5.74, 6) is -0.0591. The highest BCUT2D eigenvalue weighted by Gasteiger charge is 2.51. The molecule has 2 aromatic carbocycles. The summed E-state index contributed by atoms with van der Waals surface area (Å²) in [7, 11) is -2.11. The van der Waals surface area contributed by atoms with Gasteiger partial charge in [0.1, 0.15) is 0 Å². The average Bonchev–Trinajstić information content (AvgIpc) is 3.45. The topological polar surface area (TPSA) is 84.5 Å². The molecule has 0 heterocycles. The second-order valence-electron chi connectivity index (χ2n) is 6.90. The molecule has 7 heteroatoms. The zero-order valence-corrected chi connectivity index (χ0v) is 16.3. The van der Waals surface area contributed by atoms with E-state index in [1.54, 1.807) is 19.1 Å². The smallest absolute Gasteiger partial charge is 0.240 e. The minimum Gasteiger partial charge on any atom is -0.383 e. The van der Waals surface area contributed by atoms with Gasteiger partial charge < -0.3 is 10.1 Å². The van der Waals surface area contributed by atoms with Crippen LogP contribution in [0.3, 0.4) is 0 Å². The van der Waals surface area contributed by atoms with Crippen molar-refractivity contribution in [3.8, 4) is 0 Å². The number of methoxy groups -OCH3 is 1. The Morgan fingerprint density at radius 3 is 2.30 bits per heavy atom. The second-order valence-corrected chi connectivity index (χ2v) is 8.62. The summed E-state index contributed by atoms with van der Waals surface area (Å²) < 4.78 is 32.2. The number of hydrogen-bond acceptors (Lipinski definition) is 4. The lowest BCUT2D eigenvalue weighted by Crippen LogP contribution is -2.35. The summed E-state index contributed by atoms with van der Waals surface area (Å²) in [4.78, 5) is 12.9. The van der Waals surface area contributed by atoms with Crippen molar-refractivity contribution in [2.75, 3.05) is 19.0 Å². The molecule has 2 N–H and O–H groups in total. The zero-order valence-electron chi connectivity index (χ0n) is 15.4. The molecule has 0 saturated heterocycles. The summed E-state index contributed by atoms with van der Waals surface area (Å²) in [6.07, 6.45) is 1.63. The molecule has 1 aliphatic carbocycles. The predicted molar refractivity (Wildman–Crippen MR) is 104 cm³/mol. The van der Waals surface area contributed by atoms with Gasteiger partial charge in [-0.3, -0.25) is 4.79 Å². The fraction of sp³-hybridized carbons (Fsp3) is 0.350. The molecule has 3 rings (SSSR count). The monoisotopic (exact) mass is 388 g/mol. The molecule has 0 bridgehead atoms. The van der Waals surface area contributed by atoms with E-state index in [0.29, 0.717) is 5.69 Å². The van der Waals surface area contributed by atoms with Crippen molar-refractivity contribution in [2.24, 2.45) is 0 Å². The van der Waals surface area contributed by atoms with Crippen molar-refractivity contribution in [1.29, 1.82) is 0 Å². The fourth-order valence-corrected chi connectivity index (χ4v) is 4.34. The van der Waals surface area contributed by atoms with E-state index < -0.39 is 15.4 Å². The van der Waals surface area contributed by atoms with Crippen LogP contribution in [0.2, 0.25) is 0 Å². The van der Waals surface area contributed by atoms with Gasteiger partial charge in [0.05, 0.1) is 16.9 Å². The molecule has 144 valence electrons. The van der Waals surface area contributed by atoms with Gasteiger partial charge in [0.15, 0.2) is 0 Å². The molecule has 27 heavy (non-hydrogen) atoms. The summed E-state index contributed by atoms with van der Waals surface area (Å²) >= 11 is 0. The predicted octanol–water partition coefficient (Wildman–Crippen LogP) is 2.67. The van der Waals surface area contributed by atoms with E-state index in [-0.39, 0.29) is 23.5 Å². The van der Waals surface area contributed by atoms with Crippen LogP contribution in [-0.2, 0) is 25.0 Å². The molecule has 0 aliphatic heterocycles. The van der Waals surface area contributed by atoms with E-state index in [1.807, 2.05) is 30.3 Å². The molecule has 1 aliphatic rings. The van der Waals surface area contributed by atoms with Crippen LogP contribution in [0.1, 0.15) is 25.3 Å². The highest BCUT2D eigenvalue weighted by molar-refractivity contribution is 7.89. The third-order valence-electron chi connectivity index (χ3n) is 4.71. The van der Waals surface area contributed by atoms with Crippen LogP contribution in [0.15, 0.2) is 59.5 Å². The molecular weight excluding hydrogens is 364 g/mol. The van der Waals surface area contributed by atoms with Crippen molar-refractivity contribution in [3.05, 3.63) is 60.2 Å². The molecule has 1 fully saturated rings. The van der Waals surface area contributed by atoms with Crippen molar-refractivity contribution in [2.45, 2.75) is 36.1 Å². The normalized spacial score (nSPS) is 16.5. The number of amides is 1. The number of sulfonamides is 1. The van der Waals surface area contributed by atoms with E-state index in [9.17, 15) is 13.2 Å². The van der Waals surface area contributed by atoms with Crippen molar-refractivity contribution in [1.82, 2.24) is 4.72 Å². The number of ether oxygens (including phenoxy) is 1. The van der Waals surface area contributed by atoms with E-state index in [1.165, 1.54) is 19.2 Å². The number of hydrogen-bond donors (Lipinski definition) is 2. The molecule has 0 spiro atoms. The number of carbonyl (C=O) groups excluding carboxylic acids is 1. The SMILES string of the molecule is COCC(C)NS(=O)(=O)c1ccc(NC(=O)C2(c3ccccc3)CC2)cc1. The molecule has 1 saturated carbocycles. The van der Waals surface area contributed by atoms with Crippen LogP contribution in [-0.4, -0.2) is 34.1 Å². The van der Waals surface area contributed by atoms with Gasteiger partial charge >= 0.3 is 0 Å². The van der Waals surface area contributed by atoms with Crippen molar-refractivity contribution >= 4 is 21.6 Å². The second kappa shape index (κ2) is 7.80. The van der Waals surface area contributed by atoms with E-state index in [4.69, 9.17) is 4.74 Å². The molecule has 0 radical (unpaired) electrons. The quantitative estimate of drug-likeness (QED) is 0.728. The maximum absolute atomic E-state index is 12.7. The molecule has 0 aromatic heterocycles. The first kappa shape index (κ1) is 19.5. The van der Waals surface area contributed by atoms with Gasteiger partial charge in [-0.1, -0.05) is 30.3 Å². The first-order chi connectivity index (χ1) is 12.9. The first-order valence-corrected chi connectivity index (χ1v) is 10.3. The van der Waals surface area contributed by atoms with Gasteiger partial charge in [-0.15, -0.1) is 0 Å². The standard InChI is InChI=1S/C20H24N2O4S/c1-15(14-26-2)22-27(24,25)18-10-8-17(9-11-18)21-19(23)20(12-13-20)16-6-4-3-5-7-16/h3-11,15,22H,12-14H2,1-2H3,(H,21,23). The molecule has 1 amide bonds. The number of nitrogens with one attached hydrogen (secondary N) is 2. The van der Waals surface area contributed by atoms with Crippen LogP contribution < -0.4 is 10.0 Å². The van der Waals surface area contributed by atoms with Gasteiger partial charge in [0, 0.05) is 18.8 Å². The summed E-state index contributed by atoms with van der Waals surface area (Å²) in [5, 5.41) is 2.91. The number of anilines is 1. The number of rotatable bonds is 8. The van der Waals surface area contributed by atoms with Gasteiger partial charge in [-0.05, 0) is 49.6 Å². The zero-order chi connectivity index (χ0) is 19.5. The Hall–Kier alpha value is -2.22. The van der Waals surface area contributed by atoms with E-state index >= 15 is 0 Å². The first-order valence-electron chi connectivity index (χ1n) is 8.86. The van der Waals surface area contributed by atoms with Gasteiger partial charge in [0.2, 0.25) is 15.9 Å². The Labute approximate surface area is 160 Å². The summed E-state index contributed by atoms with van der Waals surface area (Å²) in [6.45, 7) is 2.02. The lowest BCUT2D eigenvalue weighted by Gasteiger charge is -2.16. The molecule has 6 nitrogen and oxygen atoms in total. The summed E-state index contributed by atoms with van der Waals surface area (Å²) in [5.41, 5.74) is 1.12. The number of benzene rings is 2. The van der Waals surface area contributed by atoms with Gasteiger partial charge in [-0.25, -0.2) is 13.1 Å². The minimum absolute atomic E-state index is 0.0591. The third kappa shape index (κ3) is 4.37. The Kier molecular flexibility index (Phi) is 5.64. The summed E-state index contributed by atoms with van der Waals surface area (Å²) in [6, 6.07) is 15.6. The van der Waals surface area contributed by atoms with Gasteiger partial charge in [0.25, 0.3) is 0 Å². The van der Waals surface area contributed by atoms with Crippen LogP contribution >= 0.6 is 0 Å². The Balaban J connectivity index is 1.69. The Morgan fingerprint density at radius 2 is 1.74 bits per heavy atom. The number of carbonyl (C=O) groups is 1. The third-order valence-corrected chi connectivity index (χ3v) is 6.31. The molecule has 2 aromatic rings. The minimum atomic E-state index is -3.63. The maximum atomic E-state index is 12.7. The van der Waals surface area contributed by atoms with E-state index in [2.05, 4.69) is 10.0 Å². The highest BCUT2D eigenvalue weighted by Crippen LogP contribution is 2.48. The maximum Gasteiger partial charge on any atom is 0.240 e. The lowest BCUT2D eigenvalue weighted by atomic mass is 9.95. The van der Waals surface area contributed by atoms with E-state index in [0.717, 1.165) is 18.4 Å². The van der Waals surface area contributed by atoms with Crippen molar-refractivity contribution < 1.29 is 17.9 Å². The van der Waals surface area contributed by atoms with Crippen molar-refractivity contribution in [3.63, 3.8) is 0 Å². The fourth-order valence-electron chi connectivity index (χ4n) is 3.11. The van der Waals surface area contributed by atoms with Crippen LogP contribution in [0.25, 0.3) is 0 Å². The Morgan fingerprint density at radius 1 is 1.11 bits per heavy atom. The van der Waals surface area contributed by atoms with Gasteiger partial charge in [-0.2, -0.15) is 0 Å². The van der Waals surface area contributed by atoms with Crippen LogP contribution in [0.4, 0.5) is 5.69 Å².